The standard InChI is InChI=1S/C30H27FN4O7S/c1-35(2)22-16-10-14-9-13-5-8-17(33-29-34-18(11-43-29)12-3-6-15(31)7-4-12)23(36)19(13)24(37)20(14)26(39)30(16,42)27(40)21(25(22)38)28(32)41/h3-8,11,14,16,22,36,38-39,42H,9-10H2,1-2H3,(H2,32,41)(H,33,34)/t14-,16-,22-,30-/m1/s1. The number of carbonyl (C=O) groups excluding carboxylic acids is 3. The summed E-state index contributed by atoms with van der Waals surface area (Å²) in [5.74, 6) is -7.42. The Morgan fingerprint density at radius 1 is 1.14 bits per heavy atom. The summed E-state index contributed by atoms with van der Waals surface area (Å²) in [6.07, 6.45) is 0.201. The van der Waals surface area contributed by atoms with Crippen LogP contribution in [0.15, 0.2) is 64.4 Å². The summed E-state index contributed by atoms with van der Waals surface area (Å²) in [5.41, 5.74) is 3.38. The van der Waals surface area contributed by atoms with Crippen molar-refractivity contribution in [3.63, 3.8) is 0 Å². The predicted octanol–water partition coefficient (Wildman–Crippen LogP) is 3.13. The van der Waals surface area contributed by atoms with Crippen LogP contribution in [-0.2, 0) is 16.0 Å². The summed E-state index contributed by atoms with van der Waals surface area (Å²) < 4.78 is 13.3. The summed E-state index contributed by atoms with van der Waals surface area (Å²) in [7, 11) is 3.15. The molecule has 13 heteroatoms. The van der Waals surface area contributed by atoms with E-state index in [2.05, 4.69) is 10.3 Å². The number of likely N-dealkylation sites (N-methyl/N-ethyl adjacent to an activating group) is 1. The number of aliphatic hydroxyl groups is 3. The Kier molecular flexibility index (Phi) is 6.64. The molecule has 222 valence electrons. The number of thiazole rings is 1. The number of phenols is 1. The molecule has 2 aromatic carbocycles. The Balaban J connectivity index is 1.38. The Hall–Kier alpha value is -4.59. The quantitative estimate of drug-likeness (QED) is 0.186. The predicted molar refractivity (Wildman–Crippen MR) is 154 cm³/mol. The fourth-order valence-corrected chi connectivity index (χ4v) is 7.26. The number of ketones is 2. The Morgan fingerprint density at radius 3 is 2.49 bits per heavy atom. The second kappa shape index (κ2) is 10.0. The molecule has 1 heterocycles. The first-order valence-corrected chi connectivity index (χ1v) is 14.2. The van der Waals surface area contributed by atoms with Gasteiger partial charge < -0.3 is 31.5 Å². The number of aromatic hydroxyl groups is 1. The van der Waals surface area contributed by atoms with Crippen LogP contribution in [-0.4, -0.2) is 73.5 Å². The average molecular weight is 607 g/mol. The number of phenolic OH excluding ortho intramolecular Hbond substituents is 1. The monoisotopic (exact) mass is 606 g/mol. The van der Waals surface area contributed by atoms with Gasteiger partial charge in [-0.15, -0.1) is 11.3 Å². The number of hydrogen-bond acceptors (Lipinski definition) is 11. The minimum absolute atomic E-state index is 0.0117. The molecule has 4 atom stereocenters. The number of primary amides is 1. The number of carbonyl (C=O) groups is 3. The van der Waals surface area contributed by atoms with Crippen LogP contribution >= 0.6 is 11.3 Å². The molecular weight excluding hydrogens is 579 g/mol. The first kappa shape index (κ1) is 28.5. The third-order valence-electron chi connectivity index (χ3n) is 8.48. The lowest BCUT2D eigenvalue weighted by Gasteiger charge is -2.50. The molecule has 3 aliphatic carbocycles. The van der Waals surface area contributed by atoms with Gasteiger partial charge in [0.15, 0.2) is 22.3 Å². The number of benzene rings is 2. The molecule has 11 nitrogen and oxygen atoms in total. The van der Waals surface area contributed by atoms with Crippen molar-refractivity contribution in [3.05, 3.63) is 81.4 Å². The third-order valence-corrected chi connectivity index (χ3v) is 9.24. The maximum absolute atomic E-state index is 13.9. The molecule has 0 aliphatic heterocycles. The molecule has 0 unspecified atom stereocenters. The maximum atomic E-state index is 13.9. The lowest BCUT2D eigenvalue weighted by molar-refractivity contribution is -0.148. The van der Waals surface area contributed by atoms with E-state index in [1.165, 1.54) is 28.4 Å². The number of nitrogens with two attached hydrogens (primary N) is 1. The zero-order valence-electron chi connectivity index (χ0n) is 23.0. The normalized spacial score (nSPS) is 25.0. The van der Waals surface area contributed by atoms with E-state index in [9.17, 15) is 39.2 Å². The van der Waals surface area contributed by atoms with Crippen molar-refractivity contribution in [2.24, 2.45) is 17.6 Å². The second-order valence-electron chi connectivity index (χ2n) is 11.1. The van der Waals surface area contributed by atoms with E-state index in [1.54, 1.807) is 43.7 Å². The van der Waals surface area contributed by atoms with Gasteiger partial charge in [0.2, 0.25) is 5.78 Å². The van der Waals surface area contributed by atoms with E-state index in [-0.39, 0.29) is 35.5 Å². The number of aromatic nitrogens is 1. The lowest BCUT2D eigenvalue weighted by Crippen LogP contribution is -2.63. The van der Waals surface area contributed by atoms with E-state index in [0.29, 0.717) is 22.0 Å². The number of anilines is 2. The number of hydrogen-bond donors (Lipinski definition) is 6. The van der Waals surface area contributed by atoms with Gasteiger partial charge in [0.05, 0.1) is 23.0 Å². The van der Waals surface area contributed by atoms with Gasteiger partial charge in [-0.2, -0.15) is 0 Å². The molecule has 0 bridgehead atoms. The number of rotatable bonds is 5. The van der Waals surface area contributed by atoms with Crippen molar-refractivity contribution in [3.8, 4) is 17.0 Å². The van der Waals surface area contributed by atoms with Gasteiger partial charge >= 0.3 is 0 Å². The lowest BCUT2D eigenvalue weighted by atomic mass is 9.58. The Bertz CT molecular complexity index is 1780. The van der Waals surface area contributed by atoms with E-state index < -0.39 is 63.8 Å². The maximum Gasteiger partial charge on any atom is 0.255 e. The molecule has 7 N–H and O–H groups in total. The van der Waals surface area contributed by atoms with Crippen molar-refractivity contribution in [2.75, 3.05) is 19.4 Å². The fraction of sp³-hybridized carbons (Fsp3) is 0.267. The molecule has 3 aromatic rings. The van der Waals surface area contributed by atoms with Crippen LogP contribution in [0.25, 0.3) is 11.3 Å². The number of nitrogens with one attached hydrogen (secondary N) is 1. The van der Waals surface area contributed by atoms with E-state index in [4.69, 9.17) is 5.73 Å². The van der Waals surface area contributed by atoms with Gasteiger partial charge in [0, 0.05) is 22.4 Å². The van der Waals surface area contributed by atoms with Crippen LogP contribution < -0.4 is 11.1 Å². The van der Waals surface area contributed by atoms with E-state index in [0.717, 1.165) is 0 Å². The average Bonchev–Trinajstić information content (AvgIpc) is 3.41. The highest BCUT2D eigenvalue weighted by molar-refractivity contribution is 7.14. The smallest absolute Gasteiger partial charge is 0.255 e. The van der Waals surface area contributed by atoms with Crippen molar-refractivity contribution < 1.29 is 39.2 Å². The molecule has 0 radical (unpaired) electrons. The number of halogens is 1. The molecule has 1 aromatic heterocycles. The van der Waals surface area contributed by atoms with Crippen LogP contribution in [0.4, 0.5) is 15.2 Å². The SMILES string of the molecule is CN(C)[C@H]1C(O)=C(C(N)=O)C(=O)[C@]2(O)C(O)=C3C(=O)c4c(ccc(Nc5nc(-c6ccc(F)cc6)cs5)c4O)C[C@@H]3C[C@H]12. The third kappa shape index (κ3) is 4.22. The first-order valence-electron chi connectivity index (χ1n) is 13.3. The van der Waals surface area contributed by atoms with Gasteiger partial charge in [0.25, 0.3) is 5.91 Å². The van der Waals surface area contributed by atoms with Gasteiger partial charge in [-0.25, -0.2) is 9.37 Å². The van der Waals surface area contributed by atoms with E-state index >= 15 is 0 Å². The number of amides is 1. The zero-order valence-corrected chi connectivity index (χ0v) is 23.8. The Labute approximate surface area is 248 Å². The minimum atomic E-state index is -2.70. The summed E-state index contributed by atoms with van der Waals surface area (Å²) in [6.45, 7) is 0. The van der Waals surface area contributed by atoms with Crippen LogP contribution in [0.5, 0.6) is 5.75 Å². The molecule has 6 rings (SSSR count). The number of fused-ring (bicyclic) bond motifs is 3. The number of allylic oxidation sites excluding steroid dienone is 1. The van der Waals surface area contributed by atoms with Crippen molar-refractivity contribution in [1.29, 1.82) is 0 Å². The highest BCUT2D eigenvalue weighted by Crippen LogP contribution is 2.52. The number of Topliss-reactive ketones (excluding diaryl/α,β-unsaturated/α-hetero) is 2. The fourth-order valence-electron chi connectivity index (χ4n) is 6.53. The summed E-state index contributed by atoms with van der Waals surface area (Å²) in [4.78, 5) is 45.4. The zero-order chi connectivity index (χ0) is 31.0. The molecule has 1 amide bonds. The van der Waals surface area contributed by atoms with Crippen LogP contribution in [0.3, 0.4) is 0 Å². The topological polar surface area (TPSA) is 186 Å². The first-order chi connectivity index (χ1) is 20.3. The van der Waals surface area contributed by atoms with Crippen molar-refractivity contribution in [1.82, 2.24) is 9.88 Å². The van der Waals surface area contributed by atoms with Gasteiger partial charge in [-0.05, 0) is 68.8 Å². The van der Waals surface area contributed by atoms with Crippen LogP contribution in [0, 0.1) is 17.7 Å². The van der Waals surface area contributed by atoms with Gasteiger partial charge in [-0.3, -0.25) is 19.3 Å². The Morgan fingerprint density at radius 2 is 1.84 bits per heavy atom. The minimum Gasteiger partial charge on any atom is -0.510 e. The molecule has 43 heavy (non-hydrogen) atoms. The summed E-state index contributed by atoms with van der Waals surface area (Å²) in [6, 6.07) is 8.01. The highest BCUT2D eigenvalue weighted by Gasteiger charge is 2.63. The second-order valence-corrected chi connectivity index (χ2v) is 12.0. The highest BCUT2D eigenvalue weighted by atomic mass is 32.1. The molecule has 0 spiro atoms. The number of nitrogens with zero attached hydrogens (tertiary/aromatic N) is 2. The molecule has 0 saturated heterocycles. The number of aliphatic hydroxyl groups excluding tert-OH is 2. The van der Waals surface area contributed by atoms with Gasteiger partial charge in [0.1, 0.15) is 22.9 Å². The van der Waals surface area contributed by atoms with Crippen LogP contribution in [0.2, 0.25) is 0 Å². The largest absolute Gasteiger partial charge is 0.510 e. The van der Waals surface area contributed by atoms with Gasteiger partial charge in [-0.1, -0.05) is 6.07 Å². The summed E-state index contributed by atoms with van der Waals surface area (Å²) in [5, 5.41) is 50.3. The van der Waals surface area contributed by atoms with Crippen molar-refractivity contribution >= 4 is 39.6 Å². The molecule has 0 fully saturated rings. The van der Waals surface area contributed by atoms with Crippen LogP contribution in [0.1, 0.15) is 22.3 Å². The molecule has 3 aliphatic rings. The van der Waals surface area contributed by atoms with Crippen molar-refractivity contribution in [2.45, 2.75) is 24.5 Å². The molecule has 0 saturated carbocycles. The summed E-state index contributed by atoms with van der Waals surface area (Å²) >= 11 is 1.23. The van der Waals surface area contributed by atoms with E-state index in [1.807, 2.05) is 0 Å². The molecular formula is C30H27FN4O7S.